The summed E-state index contributed by atoms with van der Waals surface area (Å²) in [6.07, 6.45) is 3.18. The zero-order valence-corrected chi connectivity index (χ0v) is 11.6. The van der Waals surface area contributed by atoms with Crippen LogP contribution in [-0.2, 0) is 4.79 Å². The summed E-state index contributed by atoms with van der Waals surface area (Å²) in [6, 6.07) is -0.165. The maximum Gasteiger partial charge on any atom is 0.323 e. The Balaban J connectivity index is 2.52. The first-order valence-corrected chi connectivity index (χ1v) is 6.63. The highest BCUT2D eigenvalue weighted by molar-refractivity contribution is 5.79. The Bertz CT molecular complexity index is 305. The van der Waals surface area contributed by atoms with Gasteiger partial charge in [-0.3, -0.25) is 4.79 Å². The van der Waals surface area contributed by atoms with E-state index in [2.05, 4.69) is 13.8 Å². The predicted octanol–water partition coefficient (Wildman–Crippen LogP) is 1.88. The number of rotatable bonds is 3. The van der Waals surface area contributed by atoms with Crippen LogP contribution >= 0.6 is 0 Å². The molecule has 0 bridgehead atoms. The number of urea groups is 1. The normalized spacial score (nSPS) is 20.7. The first-order valence-electron chi connectivity index (χ1n) is 6.63. The minimum Gasteiger partial charge on any atom is -0.480 e. The summed E-state index contributed by atoms with van der Waals surface area (Å²) in [4.78, 5) is 25.7. The van der Waals surface area contributed by atoms with Gasteiger partial charge in [0.1, 0.15) is 6.54 Å². The molecule has 0 radical (unpaired) electrons. The highest BCUT2D eigenvalue weighted by Gasteiger charge is 2.24. The van der Waals surface area contributed by atoms with Gasteiger partial charge in [-0.1, -0.05) is 13.8 Å². The number of carbonyl (C=O) groups excluding carboxylic acids is 1. The molecule has 1 saturated heterocycles. The Kier molecular flexibility index (Phi) is 5.44. The lowest BCUT2D eigenvalue weighted by atomic mass is 9.89. The molecule has 1 N–H and O–H groups in total. The third kappa shape index (κ3) is 4.20. The number of likely N-dealkylation sites (N-methyl/N-ethyl adjacent to an activating group) is 1. The van der Waals surface area contributed by atoms with Crippen LogP contribution in [0, 0.1) is 11.8 Å². The summed E-state index contributed by atoms with van der Waals surface area (Å²) in [5.41, 5.74) is 0. The number of carboxylic acid groups (broad SMARTS) is 1. The molecule has 1 atom stereocenters. The number of amides is 2. The molecule has 1 unspecified atom stereocenters. The van der Waals surface area contributed by atoms with Crippen LogP contribution < -0.4 is 0 Å². The van der Waals surface area contributed by atoms with Crippen molar-refractivity contribution in [1.29, 1.82) is 0 Å². The highest BCUT2D eigenvalue weighted by atomic mass is 16.4. The number of aliphatic carboxylic acids is 1. The third-order valence-corrected chi connectivity index (χ3v) is 3.69. The lowest BCUT2D eigenvalue weighted by Crippen LogP contribution is -2.43. The summed E-state index contributed by atoms with van der Waals surface area (Å²) >= 11 is 0. The fourth-order valence-electron chi connectivity index (χ4n) is 2.49. The number of carbonyl (C=O) groups is 2. The zero-order chi connectivity index (χ0) is 13.7. The fraction of sp³-hybridized carbons (Fsp3) is 0.846. The number of likely N-dealkylation sites (tertiary alicyclic amines) is 1. The van der Waals surface area contributed by atoms with E-state index in [1.165, 1.54) is 4.90 Å². The number of carboxylic acids is 1. The molecular weight excluding hydrogens is 232 g/mol. The van der Waals surface area contributed by atoms with Crippen LogP contribution in [0.15, 0.2) is 0 Å². The van der Waals surface area contributed by atoms with E-state index in [4.69, 9.17) is 5.11 Å². The lowest BCUT2D eigenvalue weighted by Gasteiger charge is -2.26. The molecule has 0 aromatic carbocycles. The molecule has 1 heterocycles. The summed E-state index contributed by atoms with van der Waals surface area (Å²) < 4.78 is 0. The Morgan fingerprint density at radius 1 is 1.33 bits per heavy atom. The van der Waals surface area contributed by atoms with Crippen molar-refractivity contribution in [3.63, 3.8) is 0 Å². The van der Waals surface area contributed by atoms with Crippen LogP contribution in [0.1, 0.15) is 33.1 Å². The predicted molar refractivity (Wildman–Crippen MR) is 69.4 cm³/mol. The van der Waals surface area contributed by atoms with Crippen LogP contribution in [0.5, 0.6) is 0 Å². The molecule has 18 heavy (non-hydrogen) atoms. The average molecular weight is 256 g/mol. The Morgan fingerprint density at radius 3 is 2.56 bits per heavy atom. The summed E-state index contributed by atoms with van der Waals surface area (Å²) in [5.74, 6) is 0.352. The molecular formula is C13H24N2O3. The molecule has 0 aromatic rings. The van der Waals surface area contributed by atoms with E-state index in [1.54, 1.807) is 11.9 Å². The summed E-state index contributed by atoms with van der Waals surface area (Å²) in [6.45, 7) is 5.69. The van der Waals surface area contributed by atoms with E-state index >= 15 is 0 Å². The van der Waals surface area contributed by atoms with Crippen molar-refractivity contribution in [2.45, 2.75) is 33.1 Å². The van der Waals surface area contributed by atoms with E-state index < -0.39 is 5.97 Å². The zero-order valence-electron chi connectivity index (χ0n) is 11.6. The Hall–Kier alpha value is -1.26. The third-order valence-electron chi connectivity index (χ3n) is 3.69. The van der Waals surface area contributed by atoms with Gasteiger partial charge in [-0.05, 0) is 31.1 Å². The van der Waals surface area contributed by atoms with Crippen LogP contribution in [0.4, 0.5) is 4.79 Å². The number of hydrogen-bond donors (Lipinski definition) is 1. The highest BCUT2D eigenvalue weighted by Crippen LogP contribution is 2.24. The molecule has 2 amide bonds. The maximum absolute atomic E-state index is 12.1. The lowest BCUT2D eigenvalue weighted by molar-refractivity contribution is -0.137. The fourth-order valence-corrected chi connectivity index (χ4v) is 2.49. The second-order valence-corrected chi connectivity index (χ2v) is 5.45. The summed E-state index contributed by atoms with van der Waals surface area (Å²) in [7, 11) is 1.54. The molecule has 0 aromatic heterocycles. The van der Waals surface area contributed by atoms with Crippen molar-refractivity contribution in [3.8, 4) is 0 Å². The molecule has 0 spiro atoms. The molecule has 1 aliphatic rings. The molecule has 1 rings (SSSR count). The number of hydrogen-bond acceptors (Lipinski definition) is 2. The van der Waals surface area contributed by atoms with Crippen molar-refractivity contribution in [3.05, 3.63) is 0 Å². The van der Waals surface area contributed by atoms with Crippen LogP contribution in [0.3, 0.4) is 0 Å². The Labute approximate surface area is 109 Å². The topological polar surface area (TPSA) is 60.9 Å². The van der Waals surface area contributed by atoms with Crippen molar-refractivity contribution >= 4 is 12.0 Å². The van der Waals surface area contributed by atoms with Crippen molar-refractivity contribution in [2.75, 3.05) is 26.7 Å². The molecule has 1 fully saturated rings. The van der Waals surface area contributed by atoms with E-state index in [0.717, 1.165) is 32.4 Å². The van der Waals surface area contributed by atoms with Crippen molar-refractivity contribution in [1.82, 2.24) is 9.80 Å². The SMILES string of the molecule is CC(C)C1CCCN(C(=O)N(C)CC(=O)O)CC1. The van der Waals surface area contributed by atoms with Crippen molar-refractivity contribution in [2.24, 2.45) is 11.8 Å². The smallest absolute Gasteiger partial charge is 0.323 e. The average Bonchev–Trinajstić information content (AvgIpc) is 2.52. The van der Waals surface area contributed by atoms with Gasteiger partial charge in [0.15, 0.2) is 0 Å². The van der Waals surface area contributed by atoms with E-state index in [9.17, 15) is 9.59 Å². The minimum absolute atomic E-state index is 0.165. The molecule has 5 heteroatoms. The second kappa shape index (κ2) is 6.61. The molecule has 5 nitrogen and oxygen atoms in total. The van der Waals surface area contributed by atoms with E-state index in [1.807, 2.05) is 0 Å². The van der Waals surface area contributed by atoms with E-state index in [-0.39, 0.29) is 12.6 Å². The molecule has 1 aliphatic heterocycles. The minimum atomic E-state index is -0.972. The van der Waals surface area contributed by atoms with Gasteiger partial charge in [0, 0.05) is 20.1 Å². The standard InChI is InChI=1S/C13H24N2O3/c1-10(2)11-5-4-7-15(8-6-11)13(18)14(3)9-12(16)17/h10-11H,4-9H2,1-3H3,(H,16,17). The Morgan fingerprint density at radius 2 is 2.00 bits per heavy atom. The van der Waals surface area contributed by atoms with Gasteiger partial charge < -0.3 is 14.9 Å². The quantitative estimate of drug-likeness (QED) is 0.838. The molecule has 104 valence electrons. The van der Waals surface area contributed by atoms with Crippen molar-refractivity contribution < 1.29 is 14.7 Å². The maximum atomic E-state index is 12.1. The monoisotopic (exact) mass is 256 g/mol. The van der Waals surface area contributed by atoms with Gasteiger partial charge in [0.2, 0.25) is 0 Å². The van der Waals surface area contributed by atoms with Gasteiger partial charge in [-0.25, -0.2) is 4.79 Å². The van der Waals surface area contributed by atoms with Crippen LogP contribution in [0.25, 0.3) is 0 Å². The van der Waals surface area contributed by atoms with E-state index in [0.29, 0.717) is 11.8 Å². The van der Waals surface area contributed by atoms with Gasteiger partial charge in [0.05, 0.1) is 0 Å². The molecule has 0 aliphatic carbocycles. The van der Waals surface area contributed by atoms with Gasteiger partial charge in [-0.15, -0.1) is 0 Å². The second-order valence-electron chi connectivity index (χ2n) is 5.45. The molecule has 0 saturated carbocycles. The van der Waals surface area contributed by atoms with Crippen LogP contribution in [0.2, 0.25) is 0 Å². The first-order chi connectivity index (χ1) is 8.41. The summed E-state index contributed by atoms with van der Waals surface area (Å²) in [5, 5.41) is 8.69. The largest absolute Gasteiger partial charge is 0.480 e. The van der Waals surface area contributed by atoms with Gasteiger partial charge in [0.25, 0.3) is 0 Å². The van der Waals surface area contributed by atoms with Gasteiger partial charge >= 0.3 is 12.0 Å². The number of nitrogens with zero attached hydrogens (tertiary/aromatic N) is 2. The first kappa shape index (κ1) is 14.8. The van der Waals surface area contributed by atoms with Crippen LogP contribution in [-0.4, -0.2) is 53.6 Å². The van der Waals surface area contributed by atoms with Gasteiger partial charge in [-0.2, -0.15) is 0 Å².